The first-order valence-electron chi connectivity index (χ1n) is 14.8. The molecule has 0 amide bonds. The highest BCUT2D eigenvalue weighted by Crippen LogP contribution is 2.28. The fourth-order valence-corrected chi connectivity index (χ4v) is 5.21. The van der Waals surface area contributed by atoms with Crippen LogP contribution in [0.5, 0.6) is 0 Å². The molecule has 6 heterocycles. The molecule has 6 aromatic heterocycles. The average Bonchev–Trinajstić information content (AvgIpc) is 3.15. The molecular formula is C38H24N8. The minimum Gasteiger partial charge on any atom is -0.256 e. The topological polar surface area (TPSA) is 103 Å². The van der Waals surface area contributed by atoms with Crippen molar-refractivity contribution in [2.75, 3.05) is 0 Å². The van der Waals surface area contributed by atoms with Crippen LogP contribution in [0.25, 0.3) is 79.2 Å². The predicted octanol–water partition coefficient (Wildman–Crippen LogP) is 8.00. The van der Waals surface area contributed by atoms with Crippen molar-refractivity contribution in [2.45, 2.75) is 0 Å². The third kappa shape index (κ3) is 5.46. The first kappa shape index (κ1) is 27.0. The zero-order valence-electron chi connectivity index (χ0n) is 24.4. The largest absolute Gasteiger partial charge is 0.256 e. The van der Waals surface area contributed by atoms with Gasteiger partial charge in [-0.1, -0.05) is 66.7 Å². The first-order valence-corrected chi connectivity index (χ1v) is 14.8. The van der Waals surface area contributed by atoms with Gasteiger partial charge in [0.05, 0.1) is 28.3 Å². The molecule has 216 valence electrons. The summed E-state index contributed by atoms with van der Waals surface area (Å²) in [5.41, 5.74) is 8.08. The van der Waals surface area contributed by atoms with Crippen molar-refractivity contribution < 1.29 is 0 Å². The summed E-state index contributed by atoms with van der Waals surface area (Å²) in [6, 6.07) is 41.4. The molecule has 8 nitrogen and oxygen atoms in total. The van der Waals surface area contributed by atoms with Crippen LogP contribution in [0.2, 0.25) is 0 Å². The van der Waals surface area contributed by atoms with Gasteiger partial charge < -0.3 is 0 Å². The molecule has 0 bridgehead atoms. The van der Waals surface area contributed by atoms with E-state index in [4.69, 9.17) is 24.9 Å². The molecule has 0 aliphatic carbocycles. The van der Waals surface area contributed by atoms with Crippen LogP contribution in [-0.2, 0) is 0 Å². The van der Waals surface area contributed by atoms with E-state index in [0.29, 0.717) is 28.9 Å². The van der Waals surface area contributed by atoms with E-state index in [9.17, 15) is 0 Å². The summed E-state index contributed by atoms with van der Waals surface area (Å²) in [6.07, 6.45) is 5.40. The van der Waals surface area contributed by atoms with Crippen molar-refractivity contribution in [3.8, 4) is 68.3 Å². The van der Waals surface area contributed by atoms with Gasteiger partial charge in [0.1, 0.15) is 11.4 Å². The van der Waals surface area contributed by atoms with Gasteiger partial charge in [0.2, 0.25) is 0 Å². The lowest BCUT2D eigenvalue weighted by atomic mass is 10.0. The summed E-state index contributed by atoms with van der Waals surface area (Å²) in [6.45, 7) is 0. The minimum atomic E-state index is 0.436. The normalized spacial score (nSPS) is 11.0. The maximum atomic E-state index is 4.90. The van der Waals surface area contributed by atoms with Gasteiger partial charge in [0.25, 0.3) is 0 Å². The van der Waals surface area contributed by atoms with Gasteiger partial charge in [-0.15, -0.1) is 0 Å². The Bertz CT molecular complexity index is 2210. The van der Waals surface area contributed by atoms with Crippen LogP contribution in [0, 0.1) is 0 Å². The Balaban J connectivity index is 1.23. The standard InChI is InChI=1S/C38H24N8/c1-2-10-29-27(9-1)23-28(24-41-29)25-17-19-26(20-18-25)36-44-37(34-15-7-13-32(42-34)30-11-3-5-21-39-30)46-38(45-36)35-16-8-14-33(43-35)31-12-4-6-22-40-31/h1-24H. The van der Waals surface area contributed by atoms with E-state index in [0.717, 1.165) is 50.4 Å². The lowest BCUT2D eigenvalue weighted by molar-refractivity contribution is 1.04. The molecule has 8 rings (SSSR count). The minimum absolute atomic E-state index is 0.436. The summed E-state index contributed by atoms with van der Waals surface area (Å²) in [5.74, 6) is 1.38. The number of aromatic nitrogens is 8. The Hall–Kier alpha value is -6.54. The summed E-state index contributed by atoms with van der Waals surface area (Å²) in [7, 11) is 0. The zero-order chi connectivity index (χ0) is 30.7. The first-order chi connectivity index (χ1) is 22.8. The van der Waals surface area contributed by atoms with E-state index in [1.54, 1.807) is 12.4 Å². The van der Waals surface area contributed by atoms with Gasteiger partial charge in [-0.05, 0) is 66.2 Å². The Morgan fingerprint density at radius 2 is 0.848 bits per heavy atom. The Morgan fingerprint density at radius 3 is 1.46 bits per heavy atom. The van der Waals surface area contributed by atoms with Gasteiger partial charge in [-0.3, -0.25) is 15.0 Å². The molecule has 2 aromatic carbocycles. The van der Waals surface area contributed by atoms with Crippen molar-refractivity contribution in [1.82, 2.24) is 39.9 Å². The van der Waals surface area contributed by atoms with Crippen LogP contribution in [0.1, 0.15) is 0 Å². The lowest BCUT2D eigenvalue weighted by Crippen LogP contribution is -2.03. The van der Waals surface area contributed by atoms with E-state index < -0.39 is 0 Å². The van der Waals surface area contributed by atoms with Crippen molar-refractivity contribution in [2.24, 2.45) is 0 Å². The number of nitrogens with zero attached hydrogens (tertiary/aromatic N) is 8. The third-order valence-electron chi connectivity index (χ3n) is 7.51. The molecule has 0 atom stereocenters. The van der Waals surface area contributed by atoms with Crippen LogP contribution >= 0.6 is 0 Å². The highest BCUT2D eigenvalue weighted by atomic mass is 15.1. The number of para-hydroxylation sites is 1. The molecule has 8 aromatic rings. The van der Waals surface area contributed by atoms with Crippen molar-refractivity contribution in [1.29, 1.82) is 0 Å². The number of pyridine rings is 5. The van der Waals surface area contributed by atoms with E-state index in [1.807, 2.05) is 109 Å². The molecule has 0 radical (unpaired) electrons. The van der Waals surface area contributed by atoms with Crippen LogP contribution in [-0.4, -0.2) is 39.9 Å². The quantitative estimate of drug-likeness (QED) is 0.191. The molecule has 0 unspecified atom stereocenters. The molecule has 0 spiro atoms. The number of fused-ring (bicyclic) bond motifs is 1. The highest BCUT2D eigenvalue weighted by molar-refractivity contribution is 5.83. The van der Waals surface area contributed by atoms with E-state index in [2.05, 4.69) is 39.2 Å². The fourth-order valence-electron chi connectivity index (χ4n) is 5.21. The average molecular weight is 593 g/mol. The third-order valence-corrected chi connectivity index (χ3v) is 7.51. The number of hydrogen-bond acceptors (Lipinski definition) is 8. The molecule has 0 saturated carbocycles. The summed E-state index contributed by atoms with van der Waals surface area (Å²) in [5, 5.41) is 1.09. The molecule has 0 fully saturated rings. The number of benzene rings is 2. The van der Waals surface area contributed by atoms with Crippen LogP contribution in [0.15, 0.2) is 146 Å². The van der Waals surface area contributed by atoms with Gasteiger partial charge in [0.15, 0.2) is 17.5 Å². The number of rotatable bonds is 6. The second kappa shape index (κ2) is 11.9. The highest BCUT2D eigenvalue weighted by Gasteiger charge is 2.16. The Kier molecular flexibility index (Phi) is 6.97. The molecule has 0 N–H and O–H groups in total. The van der Waals surface area contributed by atoms with Crippen LogP contribution in [0.4, 0.5) is 0 Å². The zero-order valence-corrected chi connectivity index (χ0v) is 24.4. The fraction of sp³-hybridized carbons (Fsp3) is 0. The summed E-state index contributed by atoms with van der Waals surface area (Å²) < 4.78 is 0. The molecule has 46 heavy (non-hydrogen) atoms. The van der Waals surface area contributed by atoms with E-state index in [1.165, 1.54) is 0 Å². The molecule has 8 heteroatoms. The second-order valence-corrected chi connectivity index (χ2v) is 10.5. The smallest absolute Gasteiger partial charge is 0.182 e. The summed E-state index contributed by atoms with van der Waals surface area (Å²) >= 11 is 0. The number of hydrogen-bond donors (Lipinski definition) is 0. The SMILES string of the molecule is c1ccc(-c2cccc(-c3nc(-c4ccc(-c5cnc6ccccc6c5)cc4)nc(-c4cccc(-c5ccccn5)n4)n3)n2)nc1. The maximum Gasteiger partial charge on any atom is 0.182 e. The van der Waals surface area contributed by atoms with Crippen LogP contribution in [0.3, 0.4) is 0 Å². The molecule has 0 aliphatic rings. The summed E-state index contributed by atoms with van der Waals surface area (Å²) in [4.78, 5) is 38.0. The Labute approximate surface area is 264 Å². The van der Waals surface area contributed by atoms with Gasteiger partial charge in [-0.25, -0.2) is 24.9 Å². The molecule has 0 aliphatic heterocycles. The lowest BCUT2D eigenvalue weighted by Gasteiger charge is -2.10. The molecule has 0 saturated heterocycles. The maximum absolute atomic E-state index is 4.90. The monoisotopic (exact) mass is 592 g/mol. The second-order valence-electron chi connectivity index (χ2n) is 10.5. The van der Waals surface area contributed by atoms with E-state index in [-0.39, 0.29) is 0 Å². The van der Waals surface area contributed by atoms with Gasteiger partial charge in [-0.2, -0.15) is 0 Å². The van der Waals surface area contributed by atoms with Gasteiger partial charge in [0, 0.05) is 35.1 Å². The van der Waals surface area contributed by atoms with Crippen LogP contribution < -0.4 is 0 Å². The van der Waals surface area contributed by atoms with Crippen molar-refractivity contribution in [3.05, 3.63) is 146 Å². The van der Waals surface area contributed by atoms with E-state index >= 15 is 0 Å². The predicted molar refractivity (Wildman–Crippen MR) is 179 cm³/mol. The van der Waals surface area contributed by atoms with Gasteiger partial charge >= 0.3 is 0 Å². The van der Waals surface area contributed by atoms with Crippen molar-refractivity contribution >= 4 is 10.9 Å². The van der Waals surface area contributed by atoms with Crippen molar-refractivity contribution in [3.63, 3.8) is 0 Å². The molecular weight excluding hydrogens is 568 g/mol. The Morgan fingerprint density at radius 1 is 0.326 bits per heavy atom.